The molecule has 0 radical (unpaired) electrons. The van der Waals surface area contributed by atoms with E-state index in [9.17, 15) is 4.39 Å². The van der Waals surface area contributed by atoms with Gasteiger partial charge < -0.3 is 10.5 Å². The number of benzene rings is 1. The van der Waals surface area contributed by atoms with E-state index in [1.54, 1.807) is 16.8 Å². The molecule has 0 aliphatic rings. The van der Waals surface area contributed by atoms with Gasteiger partial charge in [0.15, 0.2) is 0 Å². The quantitative estimate of drug-likeness (QED) is 0.933. The van der Waals surface area contributed by atoms with Gasteiger partial charge in [0.2, 0.25) is 0 Å². The van der Waals surface area contributed by atoms with Crippen molar-refractivity contribution < 1.29 is 9.13 Å². The summed E-state index contributed by atoms with van der Waals surface area (Å²) in [6.45, 7) is 0.313. The number of hydrogen-bond donors (Lipinski definition) is 1. The lowest BCUT2D eigenvalue weighted by Crippen LogP contribution is -2.10. The van der Waals surface area contributed by atoms with Crippen molar-refractivity contribution in [3.8, 4) is 5.75 Å². The van der Waals surface area contributed by atoms with E-state index in [0.29, 0.717) is 17.7 Å². The molecule has 0 unspecified atom stereocenters. The third-order valence-electron chi connectivity index (χ3n) is 2.15. The van der Waals surface area contributed by atoms with E-state index in [0.717, 1.165) is 10.2 Å². The highest BCUT2D eigenvalue weighted by molar-refractivity contribution is 7.16. The minimum absolute atomic E-state index is 0. The molecule has 1 heterocycles. The summed E-state index contributed by atoms with van der Waals surface area (Å²) in [6, 6.07) is 5.67. The van der Waals surface area contributed by atoms with Crippen LogP contribution in [0.25, 0.3) is 10.2 Å². The normalized spacial score (nSPS) is 11.3. The second-order valence-corrected chi connectivity index (χ2v) is 4.10. The highest BCUT2D eigenvalue weighted by Crippen LogP contribution is 2.27. The summed E-state index contributed by atoms with van der Waals surface area (Å²) in [7, 11) is 0. The summed E-state index contributed by atoms with van der Waals surface area (Å²) < 4.78 is 18.8. The van der Waals surface area contributed by atoms with Crippen LogP contribution < -0.4 is 10.5 Å². The van der Waals surface area contributed by atoms with Crippen molar-refractivity contribution in [2.45, 2.75) is 0 Å². The Bertz CT molecular complexity index is 515. The highest BCUT2D eigenvalue weighted by Gasteiger charge is 2.05. The summed E-state index contributed by atoms with van der Waals surface area (Å²) in [6.07, 6.45) is 0.487. The van der Waals surface area contributed by atoms with E-state index >= 15 is 0 Å². The van der Waals surface area contributed by atoms with E-state index in [4.69, 9.17) is 10.5 Å². The minimum Gasteiger partial charge on any atom is -0.487 e. The van der Waals surface area contributed by atoms with Gasteiger partial charge in [0.05, 0.1) is 16.5 Å². The summed E-state index contributed by atoms with van der Waals surface area (Å²) >= 11 is 1.54. The number of para-hydroxylation sites is 1. The van der Waals surface area contributed by atoms with Crippen LogP contribution in [0, 0.1) is 0 Å². The third kappa shape index (κ3) is 3.15. The molecule has 0 fully saturated rings. The lowest BCUT2D eigenvalue weighted by molar-refractivity contribution is 0.351. The number of nitrogens with zero attached hydrogens (tertiary/aromatic N) is 1. The Labute approximate surface area is 109 Å². The van der Waals surface area contributed by atoms with Crippen molar-refractivity contribution in [2.24, 2.45) is 5.73 Å². The van der Waals surface area contributed by atoms with Crippen LogP contribution in [-0.2, 0) is 0 Å². The summed E-state index contributed by atoms with van der Waals surface area (Å²) in [5, 5.41) is 0. The smallest absolute Gasteiger partial charge is 0.146 e. The zero-order valence-corrected chi connectivity index (χ0v) is 10.6. The van der Waals surface area contributed by atoms with E-state index in [1.165, 1.54) is 0 Å². The average Bonchev–Trinajstić information content (AvgIpc) is 2.79. The second-order valence-electron chi connectivity index (χ2n) is 3.22. The van der Waals surface area contributed by atoms with E-state index in [-0.39, 0.29) is 25.6 Å². The van der Waals surface area contributed by atoms with Crippen molar-refractivity contribution in [1.82, 2.24) is 4.98 Å². The van der Waals surface area contributed by atoms with Gasteiger partial charge in [0.1, 0.15) is 17.9 Å². The lowest BCUT2D eigenvalue weighted by Gasteiger charge is -2.07. The molecule has 0 aliphatic heterocycles. The Kier molecular flexibility index (Phi) is 5.34. The molecule has 2 N–H and O–H groups in total. The molecular formula is C11H12ClFN2OS. The minimum atomic E-state index is 0. The molecule has 17 heavy (non-hydrogen) atoms. The van der Waals surface area contributed by atoms with Crippen molar-refractivity contribution in [3.63, 3.8) is 0 Å². The Morgan fingerprint density at radius 2 is 2.35 bits per heavy atom. The van der Waals surface area contributed by atoms with Crippen LogP contribution in [0.15, 0.2) is 35.6 Å². The number of hydrogen-bond acceptors (Lipinski definition) is 4. The first-order valence-electron chi connectivity index (χ1n) is 4.78. The Morgan fingerprint density at radius 3 is 3.06 bits per heavy atom. The van der Waals surface area contributed by atoms with Crippen molar-refractivity contribution in [1.29, 1.82) is 0 Å². The van der Waals surface area contributed by atoms with E-state index in [1.807, 2.05) is 18.2 Å². The van der Waals surface area contributed by atoms with Crippen LogP contribution >= 0.6 is 23.7 Å². The van der Waals surface area contributed by atoms with Gasteiger partial charge in [-0.25, -0.2) is 9.37 Å². The molecular weight excluding hydrogens is 263 g/mol. The van der Waals surface area contributed by atoms with Gasteiger partial charge in [0, 0.05) is 12.1 Å². The first-order chi connectivity index (χ1) is 7.85. The Balaban J connectivity index is 0.00000144. The van der Waals surface area contributed by atoms with Crippen molar-refractivity contribution in [2.75, 3.05) is 13.2 Å². The molecule has 6 heteroatoms. The number of rotatable bonds is 4. The largest absolute Gasteiger partial charge is 0.487 e. The summed E-state index contributed by atoms with van der Waals surface area (Å²) in [5.41, 5.74) is 8.33. The predicted octanol–water partition coefficient (Wildman–Crippen LogP) is 2.91. The molecule has 1 aromatic carbocycles. The fraction of sp³-hybridized carbons (Fsp3) is 0.182. The highest BCUT2D eigenvalue weighted by atomic mass is 35.5. The molecule has 3 nitrogen and oxygen atoms in total. The standard InChI is InChI=1S/C11H11FN2OS.ClH/c12-4-8(5-13)6-15-9-2-1-3-10-11(9)14-7-16-10;/h1-4,7H,5-6,13H2;1H/b8-4-;. The lowest BCUT2D eigenvalue weighted by atomic mass is 10.3. The number of thiazole rings is 1. The van der Waals surface area contributed by atoms with Crippen LogP contribution in [0.3, 0.4) is 0 Å². The topological polar surface area (TPSA) is 48.1 Å². The maximum atomic E-state index is 12.3. The third-order valence-corrected chi connectivity index (χ3v) is 2.95. The molecule has 0 bridgehead atoms. The fourth-order valence-electron chi connectivity index (χ4n) is 1.28. The monoisotopic (exact) mass is 274 g/mol. The number of halogens is 2. The molecule has 92 valence electrons. The molecule has 1 aromatic heterocycles. The summed E-state index contributed by atoms with van der Waals surface area (Å²) in [5.74, 6) is 0.659. The predicted molar refractivity (Wildman–Crippen MR) is 70.6 cm³/mol. The maximum Gasteiger partial charge on any atom is 0.146 e. The SMILES string of the molecule is Cl.NC/C(=C/F)COc1cccc2scnc12. The summed E-state index contributed by atoms with van der Waals surface area (Å²) in [4.78, 5) is 4.20. The molecule has 0 spiro atoms. The zero-order valence-electron chi connectivity index (χ0n) is 8.93. The van der Waals surface area contributed by atoms with Gasteiger partial charge in [-0.05, 0) is 12.1 Å². The number of aromatic nitrogens is 1. The second kappa shape index (κ2) is 6.54. The van der Waals surface area contributed by atoms with Crippen molar-refractivity contribution in [3.05, 3.63) is 35.6 Å². The first-order valence-corrected chi connectivity index (χ1v) is 5.66. The number of nitrogens with two attached hydrogens (primary N) is 1. The van der Waals surface area contributed by atoms with Crippen LogP contribution in [-0.4, -0.2) is 18.1 Å². The molecule has 2 aromatic rings. The molecule has 0 atom stereocenters. The van der Waals surface area contributed by atoms with E-state index in [2.05, 4.69) is 4.98 Å². The number of ether oxygens (including phenoxy) is 1. The molecule has 0 saturated carbocycles. The van der Waals surface area contributed by atoms with Gasteiger partial charge >= 0.3 is 0 Å². The Hall–Kier alpha value is -1.17. The molecule has 0 aliphatic carbocycles. The van der Waals surface area contributed by atoms with Crippen LogP contribution in [0.4, 0.5) is 4.39 Å². The van der Waals surface area contributed by atoms with Crippen LogP contribution in [0.2, 0.25) is 0 Å². The molecule has 2 rings (SSSR count). The molecule has 0 amide bonds. The van der Waals surface area contributed by atoms with Gasteiger partial charge in [-0.2, -0.15) is 0 Å². The zero-order chi connectivity index (χ0) is 11.4. The van der Waals surface area contributed by atoms with Gasteiger partial charge in [-0.3, -0.25) is 0 Å². The van der Waals surface area contributed by atoms with Crippen molar-refractivity contribution >= 4 is 34.0 Å². The Morgan fingerprint density at radius 1 is 1.53 bits per heavy atom. The fourth-order valence-corrected chi connectivity index (χ4v) is 1.98. The van der Waals surface area contributed by atoms with E-state index < -0.39 is 0 Å². The van der Waals surface area contributed by atoms with Gasteiger partial charge in [-0.15, -0.1) is 23.7 Å². The first kappa shape index (κ1) is 13.9. The van der Waals surface area contributed by atoms with Crippen LogP contribution in [0.1, 0.15) is 0 Å². The molecule has 0 saturated heterocycles. The van der Waals surface area contributed by atoms with Gasteiger partial charge in [-0.1, -0.05) is 6.07 Å². The average molecular weight is 275 g/mol. The maximum absolute atomic E-state index is 12.3. The number of fused-ring (bicyclic) bond motifs is 1. The van der Waals surface area contributed by atoms with Gasteiger partial charge in [0.25, 0.3) is 0 Å². The van der Waals surface area contributed by atoms with Crippen LogP contribution in [0.5, 0.6) is 5.75 Å².